The number of ether oxygens (including phenoxy) is 1. The maximum atomic E-state index is 12.0. The normalized spacial score (nSPS) is 13.1. The number of hydrogen-bond donors (Lipinski definition) is 1. The van der Waals surface area contributed by atoms with Crippen LogP contribution in [0.15, 0.2) is 16.8 Å². The van der Waals surface area contributed by atoms with E-state index >= 15 is 0 Å². The summed E-state index contributed by atoms with van der Waals surface area (Å²) in [6, 6.07) is 2.42. The van der Waals surface area contributed by atoms with Crippen LogP contribution in [0.5, 0.6) is 0 Å². The summed E-state index contributed by atoms with van der Waals surface area (Å²) in [6.07, 6.45) is -0.245. The summed E-state index contributed by atoms with van der Waals surface area (Å²) in [5.74, 6) is 0. The maximum absolute atomic E-state index is 12.0. The molecular formula is C15H26N2O2S. The van der Waals surface area contributed by atoms with E-state index in [1.54, 1.807) is 16.2 Å². The number of nitrogens with one attached hydrogen (secondary N) is 1. The van der Waals surface area contributed by atoms with Crippen LogP contribution in [0.25, 0.3) is 0 Å². The lowest BCUT2D eigenvalue weighted by molar-refractivity contribution is 0.0261. The number of amides is 1. The van der Waals surface area contributed by atoms with E-state index in [4.69, 9.17) is 4.74 Å². The largest absolute Gasteiger partial charge is 0.444 e. The maximum Gasteiger partial charge on any atom is 0.410 e. The second kappa shape index (κ2) is 7.64. The predicted molar refractivity (Wildman–Crippen MR) is 84.2 cm³/mol. The first kappa shape index (κ1) is 17.0. The average molecular weight is 298 g/mol. The molecule has 1 aromatic heterocycles. The fourth-order valence-electron chi connectivity index (χ4n) is 1.76. The van der Waals surface area contributed by atoms with Gasteiger partial charge in [0, 0.05) is 25.7 Å². The van der Waals surface area contributed by atoms with Gasteiger partial charge in [0.2, 0.25) is 0 Å². The van der Waals surface area contributed by atoms with Gasteiger partial charge in [0.05, 0.1) is 0 Å². The van der Waals surface area contributed by atoms with Gasteiger partial charge in [-0.05, 0) is 57.0 Å². The van der Waals surface area contributed by atoms with Gasteiger partial charge in [-0.15, -0.1) is 0 Å². The molecule has 0 spiro atoms. The highest BCUT2D eigenvalue weighted by Crippen LogP contribution is 2.15. The molecule has 0 aromatic carbocycles. The van der Waals surface area contributed by atoms with Crippen molar-refractivity contribution < 1.29 is 9.53 Å². The molecule has 0 fully saturated rings. The van der Waals surface area contributed by atoms with Crippen molar-refractivity contribution in [2.75, 3.05) is 19.6 Å². The summed E-state index contributed by atoms with van der Waals surface area (Å²) < 4.78 is 5.38. The smallest absolute Gasteiger partial charge is 0.410 e. The zero-order chi connectivity index (χ0) is 15.2. The number of rotatable bonds is 6. The van der Waals surface area contributed by atoms with Crippen LogP contribution in [-0.2, 0) is 4.74 Å². The van der Waals surface area contributed by atoms with Crippen molar-refractivity contribution in [2.24, 2.45) is 0 Å². The highest BCUT2D eigenvalue weighted by atomic mass is 32.1. The minimum Gasteiger partial charge on any atom is -0.444 e. The molecule has 0 radical (unpaired) electrons. The standard InChI is InChI=1S/C15H26N2O2S/c1-6-17(14(18)19-15(3,4)5)9-8-16-12(2)13-7-10-20-11-13/h7,10-12,16H,6,8-9H2,1-5H3. The molecular weight excluding hydrogens is 272 g/mol. The van der Waals surface area contributed by atoms with Crippen LogP contribution in [0.3, 0.4) is 0 Å². The summed E-state index contributed by atoms with van der Waals surface area (Å²) >= 11 is 1.70. The van der Waals surface area contributed by atoms with Gasteiger partial charge in [0.15, 0.2) is 0 Å². The van der Waals surface area contributed by atoms with E-state index in [1.165, 1.54) is 5.56 Å². The Kier molecular flexibility index (Phi) is 6.49. The highest BCUT2D eigenvalue weighted by molar-refractivity contribution is 7.07. The first-order valence-electron chi connectivity index (χ1n) is 7.07. The molecule has 1 rings (SSSR count). The molecule has 1 atom stereocenters. The van der Waals surface area contributed by atoms with Gasteiger partial charge in [-0.1, -0.05) is 0 Å². The van der Waals surface area contributed by atoms with Crippen LogP contribution in [0.1, 0.15) is 46.2 Å². The zero-order valence-electron chi connectivity index (χ0n) is 13.1. The van der Waals surface area contributed by atoms with Gasteiger partial charge < -0.3 is 15.0 Å². The van der Waals surface area contributed by atoms with E-state index in [9.17, 15) is 4.79 Å². The van der Waals surface area contributed by atoms with Gasteiger partial charge >= 0.3 is 6.09 Å². The number of hydrogen-bond acceptors (Lipinski definition) is 4. The molecule has 1 heterocycles. The second-order valence-corrected chi connectivity index (χ2v) is 6.57. The van der Waals surface area contributed by atoms with Crippen molar-refractivity contribution in [3.05, 3.63) is 22.4 Å². The lowest BCUT2D eigenvalue weighted by atomic mass is 10.2. The van der Waals surface area contributed by atoms with Crippen molar-refractivity contribution in [3.63, 3.8) is 0 Å². The van der Waals surface area contributed by atoms with Crippen LogP contribution in [0, 0.1) is 0 Å². The van der Waals surface area contributed by atoms with Crippen LogP contribution in [-0.4, -0.2) is 36.2 Å². The molecule has 0 bridgehead atoms. The monoisotopic (exact) mass is 298 g/mol. The second-order valence-electron chi connectivity index (χ2n) is 5.79. The molecule has 0 aliphatic rings. The minimum absolute atomic E-state index is 0.245. The quantitative estimate of drug-likeness (QED) is 0.871. The van der Waals surface area contributed by atoms with Crippen LogP contribution < -0.4 is 5.32 Å². The number of carbonyl (C=O) groups excluding carboxylic acids is 1. The van der Waals surface area contributed by atoms with Crippen molar-refractivity contribution in [1.82, 2.24) is 10.2 Å². The Labute approximate surface area is 126 Å². The van der Waals surface area contributed by atoms with Crippen molar-refractivity contribution in [1.29, 1.82) is 0 Å². The predicted octanol–water partition coefficient (Wildman–Crippen LogP) is 3.66. The zero-order valence-corrected chi connectivity index (χ0v) is 13.9. The van der Waals surface area contributed by atoms with E-state index in [2.05, 4.69) is 29.1 Å². The molecule has 1 aromatic rings. The van der Waals surface area contributed by atoms with Crippen molar-refractivity contribution in [2.45, 2.75) is 46.3 Å². The van der Waals surface area contributed by atoms with Crippen LogP contribution >= 0.6 is 11.3 Å². The number of thiophene rings is 1. The Hall–Kier alpha value is -1.07. The molecule has 1 amide bonds. The number of nitrogens with zero attached hydrogens (tertiary/aromatic N) is 1. The molecule has 0 aliphatic heterocycles. The molecule has 4 nitrogen and oxygen atoms in total. The van der Waals surface area contributed by atoms with Crippen LogP contribution in [0.2, 0.25) is 0 Å². The number of likely N-dealkylation sites (N-methyl/N-ethyl adjacent to an activating group) is 1. The average Bonchev–Trinajstić information content (AvgIpc) is 2.85. The molecule has 20 heavy (non-hydrogen) atoms. The third-order valence-electron chi connectivity index (χ3n) is 2.91. The molecule has 0 saturated heterocycles. The first-order valence-corrected chi connectivity index (χ1v) is 8.01. The van der Waals surface area contributed by atoms with E-state index in [1.807, 2.05) is 27.7 Å². The van der Waals surface area contributed by atoms with Crippen LogP contribution in [0.4, 0.5) is 4.79 Å². The van der Waals surface area contributed by atoms with Crippen molar-refractivity contribution >= 4 is 17.4 Å². The van der Waals surface area contributed by atoms with Gasteiger partial charge in [0.1, 0.15) is 5.60 Å². The summed E-state index contributed by atoms with van der Waals surface area (Å²) in [5, 5.41) is 7.64. The summed E-state index contributed by atoms with van der Waals surface area (Å²) in [6.45, 7) is 11.8. The SMILES string of the molecule is CCN(CCNC(C)c1ccsc1)C(=O)OC(C)(C)C. The Morgan fingerprint density at radius 3 is 2.70 bits per heavy atom. The lowest BCUT2D eigenvalue weighted by Crippen LogP contribution is -2.40. The van der Waals surface area contributed by atoms with Gasteiger partial charge in [-0.3, -0.25) is 0 Å². The van der Waals surface area contributed by atoms with Gasteiger partial charge in [-0.2, -0.15) is 11.3 Å². The number of carbonyl (C=O) groups is 1. The van der Waals surface area contributed by atoms with Crippen molar-refractivity contribution in [3.8, 4) is 0 Å². The van der Waals surface area contributed by atoms with E-state index in [-0.39, 0.29) is 6.09 Å². The lowest BCUT2D eigenvalue weighted by Gasteiger charge is -2.27. The molecule has 114 valence electrons. The topological polar surface area (TPSA) is 41.6 Å². The van der Waals surface area contributed by atoms with Gasteiger partial charge in [-0.25, -0.2) is 4.79 Å². The first-order chi connectivity index (χ1) is 9.33. The summed E-state index contributed by atoms with van der Waals surface area (Å²) in [5.41, 5.74) is 0.845. The van der Waals surface area contributed by atoms with Gasteiger partial charge in [0.25, 0.3) is 0 Å². The third-order valence-corrected chi connectivity index (χ3v) is 3.61. The summed E-state index contributed by atoms with van der Waals surface area (Å²) in [4.78, 5) is 13.7. The third kappa shape index (κ3) is 5.92. The fourth-order valence-corrected chi connectivity index (χ4v) is 2.51. The van der Waals surface area contributed by atoms with E-state index in [0.29, 0.717) is 19.1 Å². The highest BCUT2D eigenvalue weighted by Gasteiger charge is 2.20. The fraction of sp³-hybridized carbons (Fsp3) is 0.667. The minimum atomic E-state index is -0.443. The molecule has 0 aliphatic carbocycles. The Bertz CT molecular complexity index is 399. The Balaban J connectivity index is 2.36. The van der Waals surface area contributed by atoms with E-state index in [0.717, 1.165) is 6.54 Å². The Morgan fingerprint density at radius 1 is 1.50 bits per heavy atom. The molecule has 1 N–H and O–H groups in total. The summed E-state index contributed by atoms with van der Waals surface area (Å²) in [7, 11) is 0. The molecule has 5 heteroatoms. The Morgan fingerprint density at radius 2 is 2.20 bits per heavy atom. The van der Waals surface area contributed by atoms with E-state index < -0.39 is 5.60 Å². The molecule has 1 unspecified atom stereocenters. The molecule has 0 saturated carbocycles.